The van der Waals surface area contributed by atoms with E-state index in [4.69, 9.17) is 5.73 Å². The van der Waals surface area contributed by atoms with E-state index in [0.717, 1.165) is 6.07 Å². The van der Waals surface area contributed by atoms with Crippen LogP contribution in [0.5, 0.6) is 0 Å². The number of alkyl halides is 3. The number of allylic oxidation sites excluding steroid dienone is 1. The third kappa shape index (κ3) is 4.07. The minimum atomic E-state index is -4.37. The summed E-state index contributed by atoms with van der Waals surface area (Å²) in [5.41, 5.74) is 5.68. The van der Waals surface area contributed by atoms with Crippen LogP contribution in [0.25, 0.3) is 5.70 Å². The summed E-state index contributed by atoms with van der Waals surface area (Å²) in [6.45, 7) is 1.87. The Morgan fingerprint density at radius 3 is 2.47 bits per heavy atom. The zero-order valence-electron chi connectivity index (χ0n) is 8.61. The molecule has 0 saturated heterocycles. The van der Waals surface area contributed by atoms with Crippen LogP contribution in [-0.4, -0.2) is 0 Å². The molecule has 5 heteroatoms. The van der Waals surface area contributed by atoms with Gasteiger partial charge >= 0.3 is 6.18 Å². The molecular formula is C12H15BrF3N. The summed E-state index contributed by atoms with van der Waals surface area (Å²) in [5, 5.41) is 0. The second-order valence-corrected chi connectivity index (χ2v) is 4.11. The maximum absolute atomic E-state index is 12.6. The van der Waals surface area contributed by atoms with Crippen LogP contribution in [0, 0.1) is 0 Å². The quantitative estimate of drug-likeness (QED) is 0.833. The van der Waals surface area contributed by atoms with E-state index in [2.05, 4.69) is 15.9 Å². The minimum absolute atomic E-state index is 0. The first-order chi connectivity index (χ1) is 7.36. The molecule has 0 aromatic heterocycles. The second kappa shape index (κ2) is 6.10. The van der Waals surface area contributed by atoms with Crippen molar-refractivity contribution in [1.82, 2.24) is 0 Å². The van der Waals surface area contributed by atoms with Crippen molar-refractivity contribution in [3.05, 3.63) is 39.9 Å². The van der Waals surface area contributed by atoms with Crippen molar-refractivity contribution < 1.29 is 13.2 Å². The maximum atomic E-state index is 12.6. The largest absolute Gasteiger partial charge is 0.417 e. The lowest BCUT2D eigenvalue weighted by molar-refractivity contribution is -0.138. The van der Waals surface area contributed by atoms with Crippen LogP contribution in [-0.2, 0) is 6.18 Å². The second-order valence-electron chi connectivity index (χ2n) is 3.26. The highest BCUT2D eigenvalue weighted by Crippen LogP contribution is 2.35. The van der Waals surface area contributed by atoms with E-state index in [1.54, 1.807) is 12.1 Å². The van der Waals surface area contributed by atoms with Crippen molar-refractivity contribution in [2.75, 3.05) is 0 Å². The summed E-state index contributed by atoms with van der Waals surface area (Å²) in [5.74, 6) is 0. The van der Waals surface area contributed by atoms with Crippen molar-refractivity contribution in [1.29, 1.82) is 0 Å². The van der Waals surface area contributed by atoms with E-state index < -0.39 is 11.7 Å². The Balaban J connectivity index is 0.00000256. The van der Waals surface area contributed by atoms with E-state index in [9.17, 15) is 13.2 Å². The number of hydrogen-bond acceptors (Lipinski definition) is 1. The Morgan fingerprint density at radius 1 is 1.41 bits per heavy atom. The molecule has 0 saturated carbocycles. The average Bonchev–Trinajstić information content (AvgIpc) is 2.16. The van der Waals surface area contributed by atoms with Crippen LogP contribution in [0.1, 0.15) is 31.9 Å². The van der Waals surface area contributed by atoms with Crippen LogP contribution in [0.15, 0.2) is 28.7 Å². The molecule has 1 aromatic carbocycles. The summed E-state index contributed by atoms with van der Waals surface area (Å²) in [6, 6.07) is 3.96. The predicted octanol–water partition coefficient (Wildman–Crippen LogP) is 4.81. The van der Waals surface area contributed by atoms with Crippen LogP contribution in [0.3, 0.4) is 0 Å². The van der Waals surface area contributed by atoms with Gasteiger partial charge in [0.05, 0.1) is 5.56 Å². The summed E-state index contributed by atoms with van der Waals surface area (Å²) < 4.78 is 37.8. The van der Waals surface area contributed by atoms with E-state index in [1.807, 2.05) is 6.92 Å². The van der Waals surface area contributed by atoms with Crippen molar-refractivity contribution >= 4 is 21.6 Å². The molecule has 0 aliphatic carbocycles. The van der Waals surface area contributed by atoms with Crippen LogP contribution in [0.4, 0.5) is 13.2 Å². The number of nitrogens with two attached hydrogens (primary N) is 1. The van der Waals surface area contributed by atoms with Gasteiger partial charge in [-0.2, -0.15) is 13.2 Å². The molecule has 0 unspecified atom stereocenters. The summed E-state index contributed by atoms with van der Waals surface area (Å²) in [4.78, 5) is 0. The van der Waals surface area contributed by atoms with Gasteiger partial charge in [-0.25, -0.2) is 0 Å². The maximum Gasteiger partial charge on any atom is 0.417 e. The van der Waals surface area contributed by atoms with E-state index >= 15 is 0 Å². The van der Waals surface area contributed by atoms with E-state index in [1.165, 1.54) is 6.07 Å². The zero-order valence-corrected chi connectivity index (χ0v) is 10.2. The molecule has 0 bridgehead atoms. The fourth-order valence-corrected chi connectivity index (χ4v) is 1.73. The Morgan fingerprint density at radius 2 is 2.00 bits per heavy atom. The number of halogens is 4. The highest BCUT2D eigenvalue weighted by Gasteiger charge is 2.33. The first kappa shape index (κ1) is 16.0. The fraction of sp³-hybridized carbons (Fsp3) is 0.333. The van der Waals surface area contributed by atoms with Crippen molar-refractivity contribution in [3.8, 4) is 0 Å². The predicted molar refractivity (Wildman–Crippen MR) is 68.3 cm³/mol. The highest BCUT2D eigenvalue weighted by atomic mass is 79.9. The van der Waals surface area contributed by atoms with Crippen LogP contribution in [0.2, 0.25) is 0 Å². The van der Waals surface area contributed by atoms with Crippen molar-refractivity contribution in [2.24, 2.45) is 5.73 Å². The Bertz CT molecular complexity index is 411. The first-order valence-electron chi connectivity index (χ1n) is 4.69. The monoisotopic (exact) mass is 309 g/mol. The first-order valence-corrected chi connectivity index (χ1v) is 5.48. The van der Waals surface area contributed by atoms with Gasteiger partial charge in [-0.3, -0.25) is 0 Å². The molecule has 1 aromatic rings. The SMILES string of the molecule is C.CC/C=C(\N)c1ccc(Br)c(C(F)(F)F)c1. The molecule has 17 heavy (non-hydrogen) atoms. The molecule has 0 radical (unpaired) electrons. The van der Waals surface area contributed by atoms with E-state index in [0.29, 0.717) is 17.7 Å². The van der Waals surface area contributed by atoms with Crippen LogP contribution < -0.4 is 5.73 Å². The van der Waals surface area contributed by atoms with Crippen LogP contribution >= 0.6 is 15.9 Å². The van der Waals surface area contributed by atoms with Gasteiger partial charge in [-0.15, -0.1) is 0 Å². The normalized spacial score (nSPS) is 12.2. The topological polar surface area (TPSA) is 26.0 Å². The molecule has 0 spiro atoms. The lowest BCUT2D eigenvalue weighted by atomic mass is 10.1. The van der Waals surface area contributed by atoms with Gasteiger partial charge in [-0.1, -0.05) is 42.4 Å². The van der Waals surface area contributed by atoms with Gasteiger partial charge in [0.25, 0.3) is 0 Å². The summed E-state index contributed by atoms with van der Waals surface area (Å²) in [6.07, 6.45) is -2.01. The van der Waals surface area contributed by atoms with Gasteiger partial charge < -0.3 is 5.73 Å². The molecule has 1 rings (SSSR count). The Hall–Kier alpha value is -0.970. The number of hydrogen-bond donors (Lipinski definition) is 1. The molecular weight excluding hydrogens is 295 g/mol. The smallest absolute Gasteiger partial charge is 0.399 e. The summed E-state index contributed by atoms with van der Waals surface area (Å²) >= 11 is 2.87. The minimum Gasteiger partial charge on any atom is -0.399 e. The third-order valence-electron chi connectivity index (χ3n) is 2.03. The highest BCUT2D eigenvalue weighted by molar-refractivity contribution is 9.10. The molecule has 2 N–H and O–H groups in total. The molecule has 0 fully saturated rings. The molecule has 1 nitrogen and oxygen atoms in total. The average molecular weight is 310 g/mol. The molecule has 0 aliphatic rings. The molecule has 0 aliphatic heterocycles. The molecule has 0 atom stereocenters. The standard InChI is InChI=1S/C11H11BrF3N.CH4/c1-2-3-10(16)7-4-5-9(12)8(6-7)11(13,14)15;/h3-6H,2,16H2,1H3;1H4/b10-3-;. The number of benzene rings is 1. The van der Waals surface area contributed by atoms with Gasteiger partial charge in [0.2, 0.25) is 0 Å². The van der Waals surface area contributed by atoms with Gasteiger partial charge in [-0.05, 0) is 24.1 Å². The van der Waals surface area contributed by atoms with E-state index in [-0.39, 0.29) is 11.9 Å². The van der Waals surface area contributed by atoms with Gasteiger partial charge in [0.1, 0.15) is 0 Å². The Kier molecular flexibility index (Phi) is 5.75. The molecule has 96 valence electrons. The Labute approximate surface area is 108 Å². The van der Waals surface area contributed by atoms with Gasteiger partial charge in [0, 0.05) is 10.2 Å². The lowest BCUT2D eigenvalue weighted by Crippen LogP contribution is -2.07. The fourth-order valence-electron chi connectivity index (χ4n) is 1.26. The third-order valence-corrected chi connectivity index (χ3v) is 2.72. The molecule has 0 heterocycles. The van der Waals surface area contributed by atoms with Crippen molar-refractivity contribution in [2.45, 2.75) is 26.9 Å². The lowest BCUT2D eigenvalue weighted by Gasteiger charge is -2.11. The zero-order chi connectivity index (χ0) is 12.3. The van der Waals surface area contributed by atoms with Gasteiger partial charge in [0.15, 0.2) is 0 Å². The molecule has 0 amide bonds. The summed E-state index contributed by atoms with van der Waals surface area (Å²) in [7, 11) is 0. The number of rotatable bonds is 2. The van der Waals surface area contributed by atoms with Crippen molar-refractivity contribution in [3.63, 3.8) is 0 Å².